The molecule has 0 aromatic heterocycles. The number of carboxylic acids is 1. The van der Waals surface area contributed by atoms with Crippen molar-refractivity contribution in [3.05, 3.63) is 227 Å². The van der Waals surface area contributed by atoms with Gasteiger partial charge in [0.2, 0.25) is 6.79 Å². The van der Waals surface area contributed by atoms with Gasteiger partial charge in [-0.25, -0.2) is 14.4 Å². The molecule has 35 heteroatoms. The summed E-state index contributed by atoms with van der Waals surface area (Å²) in [6.45, 7) is 8.08. The molecule has 2 aliphatic rings. The standard InChI is InChI=1S/C35H42Cl2N4O9.C21H24Cl3N2O5.C14H18N2O4.CH3F.CH4.2BrH.Na/c1-40(24-29-11-12-30(36)21-33(29)37,22-27-7-13-31(14-8-27)38(44)45)17-5-6-20-48-35(43)50-26-49-34(42)25-41(18-3-2-4-19-41)23-28-9-15-32(16-10-28)39(46)47;1-26(10-2-3-11-30-21(27)31-15-22,14-17-6-7-18(23)12-20(17)24)13-16-4-8-19(9-5-16)25(28)29;17-14(18)11-16(8-2-1-3-9-16)10-12-4-6-13(7-5-12)15(19)20;1-2;;;;/h7-16,21H,2-6,17-20,22-26H2,1H3;4-9,12H,2-3,10-11,13-15H2,1H3;4-7H,1-3,8-11H2;1H3;1H4;2*1H;/q+2;+1;;;;;;+1/p-2/i;;;1D;;;;. The second-order valence-electron chi connectivity index (χ2n) is 25.8. The van der Waals surface area contributed by atoms with Crippen LogP contribution in [0.2, 0.25) is 20.1 Å². The first-order valence-corrected chi connectivity index (χ1v) is 35.1. The molecule has 0 spiro atoms. The molecule has 6 aromatic carbocycles. The van der Waals surface area contributed by atoms with E-state index in [0.717, 1.165) is 111 Å². The van der Waals surface area contributed by atoms with Crippen molar-refractivity contribution in [1.29, 1.82) is 0 Å². The van der Waals surface area contributed by atoms with Crippen LogP contribution < -0.4 is 68.6 Å². The number of nitrogens with zero attached hydrogens (tertiary/aromatic N) is 8. The Bertz CT molecular complexity index is 3800. The summed E-state index contributed by atoms with van der Waals surface area (Å²) < 4.78 is 42.5. The van der Waals surface area contributed by atoms with Crippen molar-refractivity contribution >= 4 is 105 Å². The van der Waals surface area contributed by atoms with E-state index in [9.17, 15) is 69.1 Å². The molecule has 26 nitrogen and oxygen atoms in total. The Morgan fingerprint density at radius 1 is 0.486 bits per heavy atom. The summed E-state index contributed by atoms with van der Waals surface area (Å²) in [6, 6.07) is 36.3. The molecule has 6 aromatic rings. The number of carboxylic acid groups (broad SMARTS) is 1. The summed E-state index contributed by atoms with van der Waals surface area (Å²) in [7, 11) is 3.16. The van der Waals surface area contributed by atoms with E-state index in [-0.39, 0.29) is 126 Å². The third-order valence-electron chi connectivity index (χ3n) is 17.5. The van der Waals surface area contributed by atoms with Crippen LogP contribution >= 0.6 is 58.0 Å². The summed E-state index contributed by atoms with van der Waals surface area (Å²) >= 11 is 30.3. The summed E-state index contributed by atoms with van der Waals surface area (Å²) in [6.07, 6.45) is 7.06. The predicted octanol–water partition coefficient (Wildman–Crippen LogP) is 6.85. The molecule has 107 heavy (non-hydrogen) atoms. The summed E-state index contributed by atoms with van der Waals surface area (Å²) in [5.41, 5.74) is 5.74. The minimum absolute atomic E-state index is 0. The molecule has 0 amide bonds. The molecule has 0 aliphatic carbocycles. The quantitative estimate of drug-likeness (QED) is 0.00468. The molecule has 0 radical (unpaired) electrons. The first kappa shape index (κ1) is 96.7. The Hall–Kier alpha value is -6.42. The van der Waals surface area contributed by atoms with E-state index in [1.807, 2.05) is 12.1 Å². The van der Waals surface area contributed by atoms with Crippen LogP contribution in [0.15, 0.2) is 133 Å². The SMILES string of the molecule is C.C[N+](CCCCOC(=O)OCCl)(Cc1ccc([N+](=O)[O-])cc1)Cc1ccc(Cl)cc1Cl.C[N+](CCCCOC(=O)OCOC(=O)C[N+]1(Cc2ccc([N+](=O)[O-])cc2)CCCCC1)(Cc1ccc([N+](=O)[O-])cc1)Cc1ccc(Cl)cc1Cl.O=C([O-])C[N+]1(Cc2ccc([N+](=O)[O-])cc2)CCCCC1.[2H]CF.[Br-].[Br-].[Na+]. The molecule has 8 rings (SSSR count). The minimum Gasteiger partial charge on any atom is -1.00 e. The third-order valence-corrected chi connectivity index (χ3v) is 18.8. The van der Waals surface area contributed by atoms with Gasteiger partial charge in [0.15, 0.2) is 12.6 Å². The van der Waals surface area contributed by atoms with Crippen LogP contribution in [0.25, 0.3) is 0 Å². The van der Waals surface area contributed by atoms with E-state index >= 15 is 0 Å². The monoisotopic (exact) mass is 1730 g/mol. The van der Waals surface area contributed by atoms with Gasteiger partial charge in [0.25, 0.3) is 22.7 Å². The van der Waals surface area contributed by atoms with E-state index in [0.29, 0.717) is 103 Å². The number of nitro benzene ring substituents is 4. The van der Waals surface area contributed by atoms with Gasteiger partial charge in [0.05, 0.1) is 111 Å². The molecule has 0 bridgehead atoms. The van der Waals surface area contributed by atoms with Gasteiger partial charge in [-0.15, -0.1) is 0 Å². The summed E-state index contributed by atoms with van der Waals surface area (Å²) in [5, 5.41) is 56.9. The third kappa shape index (κ3) is 35.9. The number of hydrogen-bond donors (Lipinski definition) is 0. The number of likely N-dealkylation sites (tertiary alicyclic amines) is 2. The Kier molecular flexibility index (Phi) is 45.5. The number of carbonyl (C=O) groups excluding carboxylic acids is 4. The van der Waals surface area contributed by atoms with Gasteiger partial charge in [-0.05, 0) is 137 Å². The largest absolute Gasteiger partial charge is 1.00 e. The average molecular weight is 1740 g/mol. The zero-order valence-electron chi connectivity index (χ0n) is 60.2. The summed E-state index contributed by atoms with van der Waals surface area (Å²) in [5.74, 6) is -1.54. The number of aliphatic carboxylic acids is 1. The number of rotatable bonds is 33. The molecule has 2 fully saturated rings. The van der Waals surface area contributed by atoms with Gasteiger partial charge < -0.3 is 85.5 Å². The minimum atomic E-state index is -1.03. The predicted molar refractivity (Wildman–Crippen MR) is 391 cm³/mol. The molecular formula is C72H91Br2Cl5FN8NaO18+2. The van der Waals surface area contributed by atoms with E-state index in [4.69, 9.17) is 78.3 Å². The van der Waals surface area contributed by atoms with Crippen molar-refractivity contribution in [2.45, 2.75) is 111 Å². The Labute approximate surface area is 692 Å². The number of piperidine rings is 2. The molecule has 582 valence electrons. The Balaban J connectivity index is 0.000000857. The number of carbonyl (C=O) groups is 4. The zero-order valence-corrected chi connectivity index (χ0v) is 68.1. The number of benzene rings is 6. The second-order valence-corrected chi connectivity index (χ2v) is 27.7. The van der Waals surface area contributed by atoms with Crippen LogP contribution in [0.4, 0.5) is 36.7 Å². The van der Waals surface area contributed by atoms with Crippen molar-refractivity contribution < 1.29 is 155 Å². The second kappa shape index (κ2) is 50.4. The zero-order chi connectivity index (χ0) is 76.3. The van der Waals surface area contributed by atoms with Crippen LogP contribution in [0.3, 0.4) is 0 Å². The van der Waals surface area contributed by atoms with Crippen LogP contribution in [0.1, 0.15) is 106 Å². The maximum atomic E-state index is 12.8. The van der Waals surface area contributed by atoms with Crippen LogP contribution in [0.5, 0.6) is 0 Å². The van der Waals surface area contributed by atoms with E-state index in [2.05, 4.69) is 18.8 Å². The number of esters is 1. The average Bonchev–Trinajstić information content (AvgIpc) is 0.782. The molecule has 0 N–H and O–H groups in total. The topological polar surface area (TPSA) is 310 Å². The van der Waals surface area contributed by atoms with Gasteiger partial charge in [-0.2, -0.15) is 0 Å². The molecule has 2 aliphatic heterocycles. The van der Waals surface area contributed by atoms with Gasteiger partial charge >= 0.3 is 47.8 Å². The van der Waals surface area contributed by atoms with Crippen LogP contribution in [-0.4, -0.2) is 162 Å². The number of halogens is 8. The fourth-order valence-electron chi connectivity index (χ4n) is 12.6. The molecular weight excluding hydrogens is 1640 g/mol. The molecule has 2 heterocycles. The van der Waals surface area contributed by atoms with E-state index < -0.39 is 57.9 Å². The number of alkyl halides is 2. The van der Waals surface area contributed by atoms with Gasteiger partial charge in [-0.1, -0.05) is 77.6 Å². The van der Waals surface area contributed by atoms with Gasteiger partial charge in [-0.3, -0.25) is 44.8 Å². The van der Waals surface area contributed by atoms with Crippen molar-refractivity contribution in [1.82, 2.24) is 0 Å². The molecule has 0 saturated carbocycles. The van der Waals surface area contributed by atoms with Crippen molar-refractivity contribution in [2.24, 2.45) is 0 Å². The van der Waals surface area contributed by atoms with Crippen LogP contribution in [0, 0.1) is 40.5 Å². The first-order chi connectivity index (χ1) is 49.5. The number of ether oxygens (including phenoxy) is 5. The molecule has 2 saturated heterocycles. The Morgan fingerprint density at radius 2 is 0.813 bits per heavy atom. The van der Waals surface area contributed by atoms with E-state index in [1.54, 1.807) is 72.8 Å². The number of hydrogen-bond acceptors (Lipinski definition) is 18. The van der Waals surface area contributed by atoms with Gasteiger partial charge in [0.1, 0.15) is 45.8 Å². The fraction of sp³-hybridized carbons (Fsp3) is 0.444. The number of quaternary nitrogens is 4. The normalized spacial score (nSPS) is 14.2. The number of unbranched alkanes of at least 4 members (excludes halogenated alkanes) is 2. The van der Waals surface area contributed by atoms with Gasteiger partial charge in [0, 0.05) is 92.0 Å². The maximum Gasteiger partial charge on any atom is 1.00 e. The first-order valence-electron chi connectivity index (χ1n) is 33.7. The van der Waals surface area contributed by atoms with Crippen molar-refractivity contribution in [2.75, 3.05) is 99.7 Å². The smallest absolute Gasteiger partial charge is 1.00 e. The molecule has 2 atom stereocenters. The summed E-state index contributed by atoms with van der Waals surface area (Å²) in [4.78, 5) is 89.1. The van der Waals surface area contributed by atoms with Crippen molar-refractivity contribution in [3.8, 4) is 0 Å². The number of non-ortho nitro benzene ring substituents is 4. The fourth-order valence-corrected chi connectivity index (χ4v) is 13.6. The van der Waals surface area contributed by atoms with Crippen LogP contribution in [-0.2, 0) is 72.5 Å². The maximum absolute atomic E-state index is 12.8. The molecule has 2 unspecified atom stereocenters. The van der Waals surface area contributed by atoms with Crippen molar-refractivity contribution in [3.63, 3.8) is 0 Å². The number of nitro groups is 4. The Morgan fingerprint density at radius 3 is 1.13 bits per heavy atom. The van der Waals surface area contributed by atoms with E-state index in [1.165, 1.54) is 48.5 Å².